The van der Waals surface area contributed by atoms with Crippen LogP contribution in [0, 0.1) is 0 Å². The number of rotatable bonds is 4. The highest BCUT2D eigenvalue weighted by atomic mass is 32.2. The fourth-order valence-corrected chi connectivity index (χ4v) is 4.70. The molecule has 1 aromatic rings. The number of thioether (sulfide) groups is 1. The van der Waals surface area contributed by atoms with E-state index in [1.807, 2.05) is 18.8 Å². The van der Waals surface area contributed by atoms with Crippen molar-refractivity contribution >= 4 is 17.7 Å². The molecule has 0 unspecified atom stereocenters. The van der Waals surface area contributed by atoms with E-state index >= 15 is 0 Å². The molecule has 2 heterocycles. The molecule has 26 heavy (non-hydrogen) atoms. The van der Waals surface area contributed by atoms with E-state index < -0.39 is 0 Å². The van der Waals surface area contributed by atoms with Crippen molar-refractivity contribution in [1.29, 1.82) is 0 Å². The summed E-state index contributed by atoms with van der Waals surface area (Å²) in [6.45, 7) is 12.3. The van der Waals surface area contributed by atoms with Crippen molar-refractivity contribution in [3.8, 4) is 0 Å². The van der Waals surface area contributed by atoms with Crippen LogP contribution in [0.3, 0.4) is 0 Å². The van der Waals surface area contributed by atoms with Gasteiger partial charge in [0.1, 0.15) is 0 Å². The van der Waals surface area contributed by atoms with Crippen LogP contribution in [-0.2, 0) is 17.8 Å². The van der Waals surface area contributed by atoms with Crippen molar-refractivity contribution in [3.63, 3.8) is 0 Å². The fourth-order valence-electron chi connectivity index (χ4n) is 3.59. The van der Waals surface area contributed by atoms with Gasteiger partial charge in [-0.25, -0.2) is 0 Å². The second-order valence-corrected chi connectivity index (χ2v) is 9.39. The molecular weight excluding hydrogens is 344 g/mol. The normalized spacial score (nSPS) is 21.7. The Morgan fingerprint density at radius 1 is 1.19 bits per heavy atom. The molecule has 2 fully saturated rings. The standard InChI is InChI=1S/C20H32N4OS/c1-20(2)16-24(10-13-26-20)19(21-3)22-14-17-6-4-5-7-18(17)15-23-8-11-25-12-9-23/h4-7H,8-16H2,1-3H3,(H,21,22). The minimum absolute atomic E-state index is 0.282. The topological polar surface area (TPSA) is 40.1 Å². The highest BCUT2D eigenvalue weighted by Gasteiger charge is 2.28. The molecule has 0 radical (unpaired) electrons. The molecule has 6 heteroatoms. The van der Waals surface area contributed by atoms with Crippen molar-refractivity contribution in [1.82, 2.24) is 15.1 Å². The quantitative estimate of drug-likeness (QED) is 0.646. The van der Waals surface area contributed by atoms with Crippen LogP contribution >= 0.6 is 11.8 Å². The van der Waals surface area contributed by atoms with E-state index in [0.717, 1.165) is 64.2 Å². The Balaban J connectivity index is 1.61. The third-order valence-electron chi connectivity index (χ3n) is 4.99. The summed E-state index contributed by atoms with van der Waals surface area (Å²) in [5, 5.41) is 3.59. The molecule has 0 spiro atoms. The van der Waals surface area contributed by atoms with Crippen LogP contribution in [0.4, 0.5) is 0 Å². The van der Waals surface area contributed by atoms with E-state index in [4.69, 9.17) is 4.74 Å². The van der Waals surface area contributed by atoms with Crippen molar-refractivity contribution in [2.24, 2.45) is 4.99 Å². The van der Waals surface area contributed by atoms with Crippen LogP contribution in [0.2, 0.25) is 0 Å². The predicted molar refractivity (Wildman–Crippen MR) is 111 cm³/mol. The van der Waals surface area contributed by atoms with Crippen LogP contribution in [0.15, 0.2) is 29.3 Å². The summed E-state index contributed by atoms with van der Waals surface area (Å²) < 4.78 is 5.75. The van der Waals surface area contributed by atoms with Gasteiger partial charge in [-0.05, 0) is 25.0 Å². The first kappa shape index (κ1) is 19.5. The molecular formula is C20H32N4OS. The molecule has 2 saturated heterocycles. The number of benzene rings is 1. The molecule has 0 aliphatic carbocycles. The Labute approximate surface area is 162 Å². The maximum Gasteiger partial charge on any atom is 0.193 e. The fraction of sp³-hybridized carbons (Fsp3) is 0.650. The largest absolute Gasteiger partial charge is 0.379 e. The van der Waals surface area contributed by atoms with Gasteiger partial charge in [-0.2, -0.15) is 11.8 Å². The van der Waals surface area contributed by atoms with Gasteiger partial charge in [0.25, 0.3) is 0 Å². The van der Waals surface area contributed by atoms with Gasteiger partial charge < -0.3 is 15.0 Å². The summed E-state index contributed by atoms with van der Waals surface area (Å²) >= 11 is 2.05. The summed E-state index contributed by atoms with van der Waals surface area (Å²) in [5.74, 6) is 2.17. The number of morpholine rings is 1. The van der Waals surface area contributed by atoms with Gasteiger partial charge in [0.2, 0.25) is 0 Å². The Hall–Kier alpha value is -1.24. The number of hydrogen-bond donors (Lipinski definition) is 1. The van der Waals surface area contributed by atoms with Crippen LogP contribution in [0.25, 0.3) is 0 Å². The molecule has 2 aliphatic rings. The summed E-state index contributed by atoms with van der Waals surface area (Å²) in [5.41, 5.74) is 2.75. The number of ether oxygens (including phenoxy) is 1. The second-order valence-electron chi connectivity index (χ2n) is 7.59. The maximum atomic E-state index is 5.47. The van der Waals surface area contributed by atoms with Crippen molar-refractivity contribution < 1.29 is 4.74 Å². The molecule has 0 aromatic heterocycles. The summed E-state index contributed by atoms with van der Waals surface area (Å²) in [6, 6.07) is 8.74. The number of nitrogens with zero attached hydrogens (tertiary/aromatic N) is 3. The number of nitrogens with one attached hydrogen (secondary N) is 1. The second kappa shape index (κ2) is 9.11. The molecule has 144 valence electrons. The lowest BCUT2D eigenvalue weighted by Gasteiger charge is -2.39. The lowest BCUT2D eigenvalue weighted by molar-refractivity contribution is 0.0341. The molecule has 2 aliphatic heterocycles. The SMILES string of the molecule is CN=C(NCc1ccccc1CN1CCOCC1)N1CCSC(C)(C)C1. The van der Waals surface area contributed by atoms with Gasteiger partial charge in [-0.3, -0.25) is 9.89 Å². The Morgan fingerprint density at radius 2 is 1.92 bits per heavy atom. The van der Waals surface area contributed by atoms with Gasteiger partial charge in [0, 0.05) is 56.8 Å². The molecule has 3 rings (SSSR count). The molecule has 0 amide bonds. The zero-order valence-electron chi connectivity index (χ0n) is 16.3. The van der Waals surface area contributed by atoms with Crippen molar-refractivity contribution in [2.45, 2.75) is 31.7 Å². The zero-order chi connectivity index (χ0) is 18.4. The lowest BCUT2D eigenvalue weighted by Crippen LogP contribution is -2.50. The Bertz CT molecular complexity index is 614. The Kier molecular flexibility index (Phi) is 6.84. The van der Waals surface area contributed by atoms with Gasteiger partial charge >= 0.3 is 0 Å². The first-order valence-electron chi connectivity index (χ1n) is 9.54. The maximum absolute atomic E-state index is 5.47. The van der Waals surface area contributed by atoms with Crippen LogP contribution in [-0.4, -0.2) is 72.7 Å². The predicted octanol–water partition coefficient (Wildman–Crippen LogP) is 2.42. The van der Waals surface area contributed by atoms with Crippen molar-refractivity contribution in [3.05, 3.63) is 35.4 Å². The number of guanidine groups is 1. The third kappa shape index (κ3) is 5.38. The van der Waals surface area contributed by atoms with E-state index in [1.165, 1.54) is 11.1 Å². The third-order valence-corrected chi connectivity index (χ3v) is 6.29. The zero-order valence-corrected chi connectivity index (χ0v) is 17.1. The highest BCUT2D eigenvalue weighted by Crippen LogP contribution is 2.29. The van der Waals surface area contributed by atoms with Gasteiger partial charge in [-0.1, -0.05) is 24.3 Å². The highest BCUT2D eigenvalue weighted by molar-refractivity contribution is 8.00. The van der Waals surface area contributed by atoms with Crippen LogP contribution in [0.5, 0.6) is 0 Å². The van der Waals surface area contributed by atoms with E-state index in [-0.39, 0.29) is 4.75 Å². The molecule has 1 aromatic carbocycles. The average molecular weight is 377 g/mol. The summed E-state index contributed by atoms with van der Waals surface area (Å²) in [4.78, 5) is 9.40. The van der Waals surface area contributed by atoms with E-state index in [9.17, 15) is 0 Å². The molecule has 1 N–H and O–H groups in total. The molecule has 0 atom stereocenters. The summed E-state index contributed by atoms with van der Waals surface area (Å²) in [6.07, 6.45) is 0. The molecule has 0 saturated carbocycles. The van der Waals surface area contributed by atoms with Gasteiger partial charge in [-0.15, -0.1) is 0 Å². The summed E-state index contributed by atoms with van der Waals surface area (Å²) in [7, 11) is 1.89. The van der Waals surface area contributed by atoms with Crippen molar-refractivity contribution in [2.75, 3.05) is 52.2 Å². The lowest BCUT2D eigenvalue weighted by atomic mass is 10.1. The monoisotopic (exact) mass is 376 g/mol. The minimum Gasteiger partial charge on any atom is -0.379 e. The smallest absolute Gasteiger partial charge is 0.193 e. The van der Waals surface area contributed by atoms with E-state index in [1.54, 1.807) is 0 Å². The van der Waals surface area contributed by atoms with E-state index in [0.29, 0.717) is 0 Å². The number of aliphatic imine (C=N–C) groups is 1. The van der Waals surface area contributed by atoms with Crippen LogP contribution < -0.4 is 5.32 Å². The molecule has 0 bridgehead atoms. The number of hydrogen-bond acceptors (Lipinski definition) is 4. The first-order valence-corrected chi connectivity index (χ1v) is 10.5. The van der Waals surface area contributed by atoms with E-state index in [2.05, 4.69) is 58.2 Å². The molecule has 5 nitrogen and oxygen atoms in total. The average Bonchev–Trinajstić information content (AvgIpc) is 2.64. The van der Waals surface area contributed by atoms with Gasteiger partial charge in [0.05, 0.1) is 13.2 Å². The van der Waals surface area contributed by atoms with Crippen LogP contribution in [0.1, 0.15) is 25.0 Å². The Morgan fingerprint density at radius 3 is 2.62 bits per heavy atom. The first-order chi connectivity index (χ1) is 12.6. The minimum atomic E-state index is 0.282. The van der Waals surface area contributed by atoms with Gasteiger partial charge in [0.15, 0.2) is 5.96 Å².